The Morgan fingerprint density at radius 2 is 1.91 bits per heavy atom. The third-order valence-corrected chi connectivity index (χ3v) is 1.19. The maximum Gasteiger partial charge on any atom is 0.140 e. The standard InChI is InChI=1S/C10H9O/c1-3-8-11-10-6-4-9(2)5-7-10/h4-7H,2H2,1H3. The third kappa shape index (κ3) is 2.35. The zero-order chi connectivity index (χ0) is 8.10. The van der Waals surface area contributed by atoms with Gasteiger partial charge in [0.2, 0.25) is 0 Å². The zero-order valence-corrected chi connectivity index (χ0v) is 6.42. The molecule has 0 spiro atoms. The highest BCUT2D eigenvalue weighted by molar-refractivity contribution is 5.29. The fourth-order valence-electron chi connectivity index (χ4n) is 0.667. The van der Waals surface area contributed by atoms with E-state index >= 15 is 0 Å². The molecule has 0 bridgehead atoms. The molecule has 0 aliphatic carbocycles. The molecule has 55 valence electrons. The Hall–Kier alpha value is -1.42. The molecule has 0 saturated carbocycles. The number of hydrogen-bond acceptors (Lipinski definition) is 1. The van der Waals surface area contributed by atoms with Gasteiger partial charge in [0, 0.05) is 6.92 Å². The molecule has 0 N–H and O–H groups in total. The van der Waals surface area contributed by atoms with Gasteiger partial charge >= 0.3 is 0 Å². The van der Waals surface area contributed by atoms with E-state index in [2.05, 4.69) is 19.0 Å². The second kappa shape index (κ2) is 3.68. The van der Waals surface area contributed by atoms with Gasteiger partial charge in [0.1, 0.15) is 11.9 Å². The summed E-state index contributed by atoms with van der Waals surface area (Å²) in [6.45, 7) is 5.48. The second-order valence-corrected chi connectivity index (χ2v) is 2.10. The van der Waals surface area contributed by atoms with E-state index in [-0.39, 0.29) is 0 Å². The van der Waals surface area contributed by atoms with Gasteiger partial charge in [-0.3, -0.25) is 0 Å². The van der Waals surface area contributed by atoms with E-state index < -0.39 is 0 Å². The van der Waals surface area contributed by atoms with Gasteiger partial charge < -0.3 is 4.74 Å². The molecule has 1 nitrogen and oxygen atoms in total. The predicted octanol–water partition coefficient (Wildman–Crippen LogP) is 2.23. The van der Waals surface area contributed by atoms with E-state index in [1.54, 1.807) is 6.92 Å². The number of ether oxygens (including phenoxy) is 1. The summed E-state index contributed by atoms with van der Waals surface area (Å²) in [5, 5.41) is 0. The molecule has 0 atom stereocenters. The Balaban J connectivity index is 2.71. The van der Waals surface area contributed by atoms with E-state index in [9.17, 15) is 0 Å². The van der Waals surface area contributed by atoms with Crippen LogP contribution < -0.4 is 4.74 Å². The smallest absolute Gasteiger partial charge is 0.140 e. The fraction of sp³-hybridized carbons (Fsp3) is 0.100. The summed E-state index contributed by atoms with van der Waals surface area (Å²) < 4.78 is 5.02. The molecule has 1 rings (SSSR count). The molecule has 1 aromatic carbocycles. The summed E-state index contributed by atoms with van der Waals surface area (Å²) in [7, 11) is 0. The first-order chi connectivity index (χ1) is 5.33. The van der Waals surface area contributed by atoms with Crippen LogP contribution in [0, 0.1) is 19.0 Å². The van der Waals surface area contributed by atoms with Gasteiger partial charge in [0.05, 0.1) is 0 Å². The van der Waals surface area contributed by atoms with Crippen molar-refractivity contribution in [1.82, 2.24) is 0 Å². The Kier molecular flexibility index (Phi) is 2.57. The highest BCUT2D eigenvalue weighted by Gasteiger charge is 1.88. The molecule has 0 aliphatic rings. The molecule has 11 heavy (non-hydrogen) atoms. The van der Waals surface area contributed by atoms with Crippen LogP contribution >= 0.6 is 0 Å². The zero-order valence-electron chi connectivity index (χ0n) is 6.42. The van der Waals surface area contributed by atoms with Crippen molar-refractivity contribution in [1.29, 1.82) is 0 Å². The minimum absolute atomic E-state index is 0.756. The van der Waals surface area contributed by atoms with E-state index in [0.29, 0.717) is 0 Å². The topological polar surface area (TPSA) is 9.23 Å². The maximum atomic E-state index is 5.02. The van der Waals surface area contributed by atoms with Gasteiger partial charge in [-0.2, -0.15) is 0 Å². The first-order valence-corrected chi connectivity index (χ1v) is 3.33. The van der Waals surface area contributed by atoms with Crippen molar-refractivity contribution in [3.8, 4) is 17.8 Å². The van der Waals surface area contributed by atoms with Crippen molar-refractivity contribution in [3.63, 3.8) is 0 Å². The minimum atomic E-state index is 0.756. The van der Waals surface area contributed by atoms with Gasteiger partial charge in [-0.15, -0.1) is 0 Å². The Morgan fingerprint density at radius 1 is 1.27 bits per heavy atom. The van der Waals surface area contributed by atoms with E-state index in [0.717, 1.165) is 11.3 Å². The van der Waals surface area contributed by atoms with Crippen molar-refractivity contribution in [2.24, 2.45) is 0 Å². The first kappa shape index (κ1) is 7.68. The molecular weight excluding hydrogens is 136 g/mol. The Bertz CT molecular complexity index is 274. The van der Waals surface area contributed by atoms with Crippen molar-refractivity contribution in [2.75, 3.05) is 0 Å². The summed E-state index contributed by atoms with van der Waals surface area (Å²) in [4.78, 5) is 0. The van der Waals surface area contributed by atoms with E-state index in [1.165, 1.54) is 0 Å². The van der Waals surface area contributed by atoms with Crippen molar-refractivity contribution >= 4 is 0 Å². The van der Waals surface area contributed by atoms with Crippen LogP contribution in [0.2, 0.25) is 0 Å². The third-order valence-electron chi connectivity index (χ3n) is 1.19. The van der Waals surface area contributed by atoms with Crippen LogP contribution in [-0.2, 0) is 0 Å². The minimum Gasteiger partial charge on any atom is -0.408 e. The van der Waals surface area contributed by atoms with Crippen LogP contribution in [0.15, 0.2) is 24.3 Å². The highest BCUT2D eigenvalue weighted by Crippen LogP contribution is 2.10. The van der Waals surface area contributed by atoms with Gasteiger partial charge in [-0.25, -0.2) is 0 Å². The average molecular weight is 145 g/mol. The molecule has 0 heterocycles. The highest BCUT2D eigenvalue weighted by atomic mass is 16.5. The summed E-state index contributed by atoms with van der Waals surface area (Å²) >= 11 is 0. The van der Waals surface area contributed by atoms with Crippen LogP contribution in [0.5, 0.6) is 5.75 Å². The quantitative estimate of drug-likeness (QED) is 0.550. The molecule has 0 saturated heterocycles. The summed E-state index contributed by atoms with van der Waals surface area (Å²) in [6, 6.07) is 7.44. The molecule has 1 aromatic rings. The van der Waals surface area contributed by atoms with Gasteiger partial charge in [-0.05, 0) is 24.6 Å². The number of benzene rings is 1. The number of rotatable bonds is 1. The van der Waals surface area contributed by atoms with E-state index in [1.807, 2.05) is 24.3 Å². The van der Waals surface area contributed by atoms with Crippen molar-refractivity contribution < 1.29 is 4.74 Å². The maximum absolute atomic E-state index is 5.02. The molecule has 1 radical (unpaired) electrons. The molecule has 0 aromatic heterocycles. The Morgan fingerprint density at radius 3 is 2.45 bits per heavy atom. The first-order valence-electron chi connectivity index (χ1n) is 3.33. The fourth-order valence-corrected chi connectivity index (χ4v) is 0.667. The predicted molar refractivity (Wildman–Crippen MR) is 45.0 cm³/mol. The average Bonchev–Trinajstić information content (AvgIpc) is 2.04. The Labute approximate surface area is 67.0 Å². The van der Waals surface area contributed by atoms with Crippen molar-refractivity contribution in [3.05, 3.63) is 36.8 Å². The summed E-state index contributed by atoms with van der Waals surface area (Å²) in [5.41, 5.74) is 0.974. The lowest BCUT2D eigenvalue weighted by atomic mass is 10.2. The largest absolute Gasteiger partial charge is 0.408 e. The molecule has 1 heteroatoms. The van der Waals surface area contributed by atoms with Crippen LogP contribution in [0.1, 0.15) is 12.5 Å². The van der Waals surface area contributed by atoms with E-state index in [4.69, 9.17) is 4.74 Å². The van der Waals surface area contributed by atoms with Crippen LogP contribution in [0.25, 0.3) is 0 Å². The lowest BCUT2D eigenvalue weighted by molar-refractivity contribution is 0.519. The molecule has 0 amide bonds. The number of hydrogen-bond donors (Lipinski definition) is 0. The van der Waals surface area contributed by atoms with Crippen LogP contribution in [-0.4, -0.2) is 0 Å². The molecule has 0 aliphatic heterocycles. The van der Waals surface area contributed by atoms with Crippen molar-refractivity contribution in [2.45, 2.75) is 6.92 Å². The second-order valence-electron chi connectivity index (χ2n) is 2.10. The summed E-state index contributed by atoms with van der Waals surface area (Å²) in [5.74, 6) is 3.40. The molecule has 0 unspecified atom stereocenters. The van der Waals surface area contributed by atoms with Gasteiger partial charge in [0.25, 0.3) is 0 Å². The molecule has 0 fully saturated rings. The normalized spacial score (nSPS) is 8.18. The lowest BCUT2D eigenvalue weighted by Gasteiger charge is -1.95. The monoisotopic (exact) mass is 145 g/mol. The van der Waals surface area contributed by atoms with Crippen LogP contribution in [0.3, 0.4) is 0 Å². The SMILES string of the molecule is [CH2]c1ccc(OC#CC)cc1. The molecular formula is C10H9O. The van der Waals surface area contributed by atoms with Gasteiger partial charge in [-0.1, -0.05) is 18.1 Å². The lowest BCUT2D eigenvalue weighted by Crippen LogP contribution is -1.81. The van der Waals surface area contributed by atoms with Gasteiger partial charge in [0.15, 0.2) is 0 Å². The van der Waals surface area contributed by atoms with Crippen LogP contribution in [0.4, 0.5) is 0 Å². The summed E-state index contributed by atoms with van der Waals surface area (Å²) in [6.07, 6.45) is 2.51.